The number of benzene rings is 1. The summed E-state index contributed by atoms with van der Waals surface area (Å²) in [5, 5.41) is 10.0. The van der Waals surface area contributed by atoms with Gasteiger partial charge < -0.3 is 15.0 Å². The molecule has 1 aromatic carbocycles. The van der Waals surface area contributed by atoms with Crippen LogP contribution in [0.5, 0.6) is 0 Å². The maximum atomic E-state index is 13.3. The van der Waals surface area contributed by atoms with E-state index in [2.05, 4.69) is 15.7 Å². The monoisotopic (exact) mass is 562 g/mol. The molecule has 0 radical (unpaired) electrons. The molecule has 0 bridgehead atoms. The fourth-order valence-corrected chi connectivity index (χ4v) is 6.23. The van der Waals surface area contributed by atoms with Crippen LogP contribution in [0.3, 0.4) is 0 Å². The number of likely N-dealkylation sites (tertiary alicyclic amines) is 1. The molecule has 5 amide bonds. The van der Waals surface area contributed by atoms with E-state index in [1.165, 1.54) is 0 Å². The van der Waals surface area contributed by atoms with E-state index in [4.69, 9.17) is 4.74 Å². The molecule has 2 N–H and O–H groups in total. The van der Waals surface area contributed by atoms with Gasteiger partial charge in [0.1, 0.15) is 6.04 Å². The normalized spacial score (nSPS) is 22.2. The molecule has 0 spiro atoms. The number of aromatic nitrogens is 2. The first-order valence-corrected chi connectivity index (χ1v) is 14.4. The number of amides is 5. The van der Waals surface area contributed by atoms with Crippen molar-refractivity contribution in [3.63, 3.8) is 0 Å². The van der Waals surface area contributed by atoms with Gasteiger partial charge >= 0.3 is 0 Å². The number of carbonyl (C=O) groups excluding carboxylic acids is 5. The summed E-state index contributed by atoms with van der Waals surface area (Å²) in [6.07, 6.45) is 8.14. The Bertz CT molecular complexity index is 1370. The van der Waals surface area contributed by atoms with E-state index in [9.17, 15) is 24.0 Å². The molecule has 12 heteroatoms. The Balaban J connectivity index is 1.05. The van der Waals surface area contributed by atoms with Crippen molar-refractivity contribution in [2.45, 2.75) is 63.6 Å². The predicted molar refractivity (Wildman–Crippen MR) is 146 cm³/mol. The van der Waals surface area contributed by atoms with Gasteiger partial charge in [0.25, 0.3) is 11.8 Å². The molecular formula is C29H34N6O6. The highest BCUT2D eigenvalue weighted by molar-refractivity contribution is 6.25. The first kappa shape index (κ1) is 27.1. The molecule has 216 valence electrons. The molecule has 1 unspecified atom stereocenters. The van der Waals surface area contributed by atoms with Crippen molar-refractivity contribution in [2.24, 2.45) is 5.92 Å². The highest BCUT2D eigenvalue weighted by Gasteiger charge is 2.45. The van der Waals surface area contributed by atoms with Crippen LogP contribution < -0.4 is 10.6 Å². The van der Waals surface area contributed by atoms with Crippen LogP contribution >= 0.6 is 0 Å². The molecule has 0 aliphatic carbocycles. The van der Waals surface area contributed by atoms with Crippen molar-refractivity contribution >= 4 is 35.2 Å². The Morgan fingerprint density at radius 2 is 1.80 bits per heavy atom. The first-order valence-electron chi connectivity index (χ1n) is 14.4. The van der Waals surface area contributed by atoms with E-state index in [0.717, 1.165) is 62.4 Å². The lowest BCUT2D eigenvalue weighted by Gasteiger charge is -2.33. The van der Waals surface area contributed by atoms with Gasteiger partial charge in [-0.05, 0) is 50.2 Å². The summed E-state index contributed by atoms with van der Waals surface area (Å²) in [7, 11) is 0. The Morgan fingerprint density at radius 1 is 1.02 bits per heavy atom. The summed E-state index contributed by atoms with van der Waals surface area (Å²) in [4.78, 5) is 66.0. The Kier molecular flexibility index (Phi) is 7.57. The number of nitrogens with zero attached hydrogens (tertiary/aromatic N) is 4. The van der Waals surface area contributed by atoms with Crippen LogP contribution in [0.4, 0.5) is 5.69 Å². The molecule has 12 nitrogen and oxygen atoms in total. The molecule has 3 saturated heterocycles. The Morgan fingerprint density at radius 3 is 2.56 bits per heavy atom. The quantitative estimate of drug-likeness (QED) is 0.487. The third kappa shape index (κ3) is 5.48. The molecule has 5 heterocycles. The highest BCUT2D eigenvalue weighted by atomic mass is 16.5. The van der Waals surface area contributed by atoms with Crippen LogP contribution in [-0.4, -0.2) is 81.5 Å². The SMILES string of the molecule is O=C1CCC(N2C(=O)c3cccc(NCc4cnn(C5CCN(C(=O)CC6CCOCC6)CC5)c4)c3C2=O)C(=O)N1. The second kappa shape index (κ2) is 11.4. The summed E-state index contributed by atoms with van der Waals surface area (Å²) >= 11 is 0. The van der Waals surface area contributed by atoms with E-state index >= 15 is 0 Å². The summed E-state index contributed by atoms with van der Waals surface area (Å²) in [6, 6.07) is 4.20. The molecule has 1 aromatic heterocycles. The van der Waals surface area contributed by atoms with Gasteiger partial charge in [0.05, 0.1) is 23.4 Å². The molecule has 0 saturated carbocycles. The van der Waals surface area contributed by atoms with Crippen molar-refractivity contribution in [1.29, 1.82) is 0 Å². The molecular weight excluding hydrogens is 528 g/mol. The lowest BCUT2D eigenvalue weighted by atomic mass is 9.95. The molecule has 2 aromatic rings. The van der Waals surface area contributed by atoms with Crippen LogP contribution in [0.15, 0.2) is 30.6 Å². The zero-order chi connectivity index (χ0) is 28.5. The number of anilines is 1. The standard InChI is InChI=1S/C29H34N6O6/c36-24-5-4-23(27(38)32-24)35-28(39)21-2-1-3-22(26(21)29(35)40)30-15-19-16-31-34(17-19)20-6-10-33(11-7-20)25(37)14-18-8-12-41-13-9-18/h1-3,16-18,20,23,30H,4-15H2,(H,32,36,38). The number of hydrogen-bond acceptors (Lipinski definition) is 8. The number of hydrogen-bond donors (Lipinski definition) is 2. The van der Waals surface area contributed by atoms with Crippen molar-refractivity contribution < 1.29 is 28.7 Å². The molecule has 6 rings (SSSR count). The summed E-state index contributed by atoms with van der Waals surface area (Å²) < 4.78 is 7.35. The van der Waals surface area contributed by atoms with E-state index in [-0.39, 0.29) is 35.9 Å². The number of imide groups is 2. The summed E-state index contributed by atoms with van der Waals surface area (Å²) in [5.74, 6) is -1.46. The average Bonchev–Trinajstić information content (AvgIpc) is 3.56. The van der Waals surface area contributed by atoms with Crippen molar-refractivity contribution in [1.82, 2.24) is 24.9 Å². The van der Waals surface area contributed by atoms with Crippen LogP contribution in [0.2, 0.25) is 0 Å². The average molecular weight is 563 g/mol. The van der Waals surface area contributed by atoms with Crippen molar-refractivity contribution in [3.8, 4) is 0 Å². The third-order valence-corrected chi connectivity index (χ3v) is 8.60. The van der Waals surface area contributed by atoms with Crippen molar-refractivity contribution in [3.05, 3.63) is 47.3 Å². The number of ether oxygens (including phenoxy) is 1. The van der Waals surface area contributed by atoms with Gasteiger partial charge in [-0.3, -0.25) is 38.9 Å². The largest absolute Gasteiger partial charge is 0.381 e. The van der Waals surface area contributed by atoms with Crippen LogP contribution in [-0.2, 0) is 25.7 Å². The minimum atomic E-state index is -1.00. The lowest BCUT2D eigenvalue weighted by molar-refractivity contribution is -0.136. The molecule has 4 aliphatic heterocycles. The topological polar surface area (TPSA) is 143 Å². The Hall–Kier alpha value is -4.06. The maximum Gasteiger partial charge on any atom is 0.264 e. The van der Waals surface area contributed by atoms with Crippen molar-refractivity contribution in [2.75, 3.05) is 31.6 Å². The zero-order valence-electron chi connectivity index (χ0n) is 22.8. The van der Waals surface area contributed by atoms with E-state index in [1.54, 1.807) is 24.4 Å². The third-order valence-electron chi connectivity index (χ3n) is 8.60. The molecule has 41 heavy (non-hydrogen) atoms. The van der Waals surface area contributed by atoms with Gasteiger partial charge in [-0.1, -0.05) is 6.07 Å². The fraction of sp³-hybridized carbons (Fsp3) is 0.517. The lowest BCUT2D eigenvalue weighted by Crippen LogP contribution is -2.54. The minimum absolute atomic E-state index is 0.0739. The second-order valence-corrected chi connectivity index (χ2v) is 11.2. The second-order valence-electron chi connectivity index (χ2n) is 11.2. The van der Waals surface area contributed by atoms with Gasteiger partial charge in [0.15, 0.2) is 0 Å². The van der Waals surface area contributed by atoms with Crippen LogP contribution in [0, 0.1) is 5.92 Å². The Labute approximate surface area is 237 Å². The highest BCUT2D eigenvalue weighted by Crippen LogP contribution is 2.33. The smallest absolute Gasteiger partial charge is 0.264 e. The van der Waals surface area contributed by atoms with Crippen LogP contribution in [0.1, 0.15) is 77.3 Å². The number of fused-ring (bicyclic) bond motifs is 1. The van der Waals surface area contributed by atoms with E-state index in [1.807, 2.05) is 15.8 Å². The van der Waals surface area contributed by atoms with E-state index < -0.39 is 29.7 Å². The van der Waals surface area contributed by atoms with Gasteiger partial charge in [0, 0.05) is 63.1 Å². The number of rotatable bonds is 7. The van der Waals surface area contributed by atoms with Crippen LogP contribution in [0.25, 0.3) is 0 Å². The predicted octanol–water partition coefficient (Wildman–Crippen LogP) is 1.88. The van der Waals surface area contributed by atoms with Gasteiger partial charge in [0.2, 0.25) is 17.7 Å². The van der Waals surface area contributed by atoms with E-state index in [0.29, 0.717) is 24.6 Å². The molecule has 3 fully saturated rings. The zero-order valence-corrected chi connectivity index (χ0v) is 22.8. The maximum absolute atomic E-state index is 13.3. The summed E-state index contributed by atoms with van der Waals surface area (Å²) in [5.41, 5.74) is 1.88. The van der Waals surface area contributed by atoms with Gasteiger partial charge in [-0.25, -0.2) is 0 Å². The van der Waals surface area contributed by atoms with Gasteiger partial charge in [-0.15, -0.1) is 0 Å². The molecule has 4 aliphatic rings. The minimum Gasteiger partial charge on any atom is -0.381 e. The van der Waals surface area contributed by atoms with Gasteiger partial charge in [-0.2, -0.15) is 5.10 Å². The molecule has 1 atom stereocenters. The fourth-order valence-electron chi connectivity index (χ4n) is 6.23. The number of piperidine rings is 2. The summed E-state index contributed by atoms with van der Waals surface area (Å²) in [6.45, 7) is 3.32. The number of nitrogens with one attached hydrogen (secondary N) is 2. The first-order chi connectivity index (χ1) is 19.9. The number of carbonyl (C=O) groups is 5.